The molecule has 186 valence electrons. The van der Waals surface area contributed by atoms with E-state index in [1.165, 1.54) is 42.6 Å². The number of aromatic nitrogens is 1. The van der Waals surface area contributed by atoms with Gasteiger partial charge in [-0.2, -0.15) is 26.3 Å². The molecule has 0 aliphatic rings. The van der Waals surface area contributed by atoms with Crippen molar-refractivity contribution in [1.82, 2.24) is 4.98 Å². The fourth-order valence-electron chi connectivity index (χ4n) is 3.32. The van der Waals surface area contributed by atoms with Gasteiger partial charge in [-0.3, -0.25) is 4.79 Å². The normalized spacial score (nSPS) is 12.8. The number of halogens is 8. The molecule has 1 unspecified atom stereocenters. The minimum atomic E-state index is -4.89. The number of carbonyl (C=O) groups is 1. The largest absolute Gasteiger partial charge is 0.419 e. The first kappa shape index (κ1) is 26.3. The Morgan fingerprint density at radius 2 is 1.69 bits per heavy atom. The number of amides is 1. The molecule has 0 saturated heterocycles. The van der Waals surface area contributed by atoms with Crippen LogP contribution in [0.25, 0.3) is 11.1 Å². The predicted molar refractivity (Wildman–Crippen MR) is 117 cm³/mol. The number of nitrogens with zero attached hydrogens (tertiary/aromatic N) is 1. The number of nitrogens with one attached hydrogen (secondary N) is 2. The SMILES string of the molecule is CC(Nc1nccc(Cl)c1NC(=O)CC(F)(F)F)c1ccc(-c2cccc(F)c2C(F)(F)F)cc1. The summed E-state index contributed by atoms with van der Waals surface area (Å²) >= 11 is 6.03. The van der Waals surface area contributed by atoms with E-state index in [0.29, 0.717) is 5.56 Å². The third-order valence-corrected chi connectivity index (χ3v) is 5.21. The average molecular weight is 520 g/mol. The van der Waals surface area contributed by atoms with E-state index in [-0.39, 0.29) is 27.7 Å². The molecular weight excluding hydrogens is 503 g/mol. The monoisotopic (exact) mass is 519 g/mol. The van der Waals surface area contributed by atoms with Crippen LogP contribution < -0.4 is 10.6 Å². The van der Waals surface area contributed by atoms with E-state index in [0.717, 1.165) is 12.1 Å². The first-order valence-electron chi connectivity index (χ1n) is 10.00. The van der Waals surface area contributed by atoms with E-state index in [4.69, 9.17) is 11.6 Å². The Hall–Kier alpha value is -3.34. The minimum Gasteiger partial charge on any atom is -0.362 e. The lowest BCUT2D eigenvalue weighted by Gasteiger charge is -2.19. The number of hydrogen-bond acceptors (Lipinski definition) is 3. The number of alkyl halides is 6. The van der Waals surface area contributed by atoms with E-state index < -0.39 is 42.1 Å². The second-order valence-corrected chi connectivity index (χ2v) is 7.91. The van der Waals surface area contributed by atoms with E-state index >= 15 is 0 Å². The molecule has 1 heterocycles. The number of hydrogen-bond donors (Lipinski definition) is 2. The zero-order valence-corrected chi connectivity index (χ0v) is 18.6. The molecule has 3 rings (SSSR count). The van der Waals surface area contributed by atoms with E-state index in [2.05, 4.69) is 15.6 Å². The summed E-state index contributed by atoms with van der Waals surface area (Å²) < 4.78 is 91.4. The van der Waals surface area contributed by atoms with Crippen LogP contribution in [0, 0.1) is 5.82 Å². The lowest BCUT2D eigenvalue weighted by Crippen LogP contribution is -2.22. The van der Waals surface area contributed by atoms with Gasteiger partial charge in [0.2, 0.25) is 5.91 Å². The molecule has 12 heteroatoms. The maximum absolute atomic E-state index is 13.9. The maximum Gasteiger partial charge on any atom is 0.419 e. The van der Waals surface area contributed by atoms with Crippen molar-refractivity contribution in [2.75, 3.05) is 10.6 Å². The van der Waals surface area contributed by atoms with Crippen LogP contribution in [0.4, 0.5) is 42.2 Å². The molecular formula is C23H17ClF7N3O. The third kappa shape index (κ3) is 6.62. The first-order chi connectivity index (χ1) is 16.3. The maximum atomic E-state index is 13.9. The molecule has 1 amide bonds. The van der Waals surface area contributed by atoms with E-state index in [9.17, 15) is 35.5 Å². The number of pyridine rings is 1. The van der Waals surface area contributed by atoms with Crippen molar-refractivity contribution in [3.63, 3.8) is 0 Å². The Kier molecular flexibility index (Phi) is 7.59. The zero-order valence-electron chi connectivity index (χ0n) is 17.9. The summed E-state index contributed by atoms with van der Waals surface area (Å²) in [4.78, 5) is 15.7. The van der Waals surface area contributed by atoms with Crippen LogP contribution in [0.5, 0.6) is 0 Å². The lowest BCUT2D eigenvalue weighted by atomic mass is 9.96. The van der Waals surface area contributed by atoms with Crippen molar-refractivity contribution in [3.05, 3.63) is 76.7 Å². The Balaban J connectivity index is 1.83. The Labute approximate surface area is 200 Å². The molecule has 0 radical (unpaired) electrons. The summed E-state index contributed by atoms with van der Waals surface area (Å²) in [7, 11) is 0. The van der Waals surface area contributed by atoms with Crippen molar-refractivity contribution in [2.24, 2.45) is 0 Å². The summed E-state index contributed by atoms with van der Waals surface area (Å²) in [6.07, 6.45) is -10.0. The topological polar surface area (TPSA) is 54.0 Å². The van der Waals surface area contributed by atoms with Gasteiger partial charge in [-0.15, -0.1) is 0 Å². The highest BCUT2D eigenvalue weighted by atomic mass is 35.5. The molecule has 2 N–H and O–H groups in total. The Morgan fingerprint density at radius 3 is 2.29 bits per heavy atom. The summed E-state index contributed by atoms with van der Waals surface area (Å²) in [5, 5.41) is 4.95. The molecule has 0 aliphatic carbocycles. The van der Waals surface area contributed by atoms with E-state index in [1.807, 2.05) is 0 Å². The van der Waals surface area contributed by atoms with Crippen LogP contribution in [-0.2, 0) is 11.0 Å². The van der Waals surface area contributed by atoms with Crippen molar-refractivity contribution in [2.45, 2.75) is 31.7 Å². The van der Waals surface area contributed by atoms with Gasteiger partial charge >= 0.3 is 12.4 Å². The Morgan fingerprint density at radius 1 is 1.03 bits per heavy atom. The van der Waals surface area contributed by atoms with Gasteiger partial charge in [0.15, 0.2) is 5.82 Å². The van der Waals surface area contributed by atoms with Crippen LogP contribution in [0.2, 0.25) is 5.02 Å². The third-order valence-electron chi connectivity index (χ3n) is 4.90. The van der Waals surface area contributed by atoms with Crippen LogP contribution in [-0.4, -0.2) is 17.1 Å². The predicted octanol–water partition coefficient (Wildman–Crippen LogP) is 7.62. The van der Waals surface area contributed by atoms with Crippen LogP contribution >= 0.6 is 11.6 Å². The van der Waals surface area contributed by atoms with Crippen LogP contribution in [0.15, 0.2) is 54.7 Å². The summed E-state index contributed by atoms with van der Waals surface area (Å²) in [5.74, 6) is -2.72. The fourth-order valence-corrected chi connectivity index (χ4v) is 3.52. The second-order valence-electron chi connectivity index (χ2n) is 7.50. The highest BCUT2D eigenvalue weighted by molar-refractivity contribution is 6.34. The van der Waals surface area contributed by atoms with Gasteiger partial charge in [-0.1, -0.05) is 48.0 Å². The number of benzene rings is 2. The Bertz CT molecular complexity index is 1210. The van der Waals surface area contributed by atoms with Gasteiger partial charge in [0.1, 0.15) is 17.9 Å². The number of rotatable bonds is 6. The van der Waals surface area contributed by atoms with Gasteiger partial charge in [-0.05, 0) is 35.7 Å². The standard InChI is InChI=1S/C23H17ClF7N3O/c1-12(33-21-20(16(24)9-10-32-21)34-18(35)11-22(26,27)28)13-5-7-14(8-6-13)15-3-2-4-17(25)19(15)23(29,30)31/h2-10,12H,11H2,1H3,(H,32,33)(H,34,35). The number of carbonyl (C=O) groups excluding carboxylic acids is 1. The molecule has 1 atom stereocenters. The van der Waals surface area contributed by atoms with Gasteiger partial charge < -0.3 is 10.6 Å². The lowest BCUT2D eigenvalue weighted by molar-refractivity contribution is -0.150. The molecule has 35 heavy (non-hydrogen) atoms. The van der Waals surface area contributed by atoms with Crippen molar-refractivity contribution in [3.8, 4) is 11.1 Å². The molecule has 3 aromatic rings. The van der Waals surface area contributed by atoms with Crippen molar-refractivity contribution in [1.29, 1.82) is 0 Å². The average Bonchev–Trinajstić information content (AvgIpc) is 2.74. The smallest absolute Gasteiger partial charge is 0.362 e. The quantitative estimate of drug-likeness (QED) is 0.329. The van der Waals surface area contributed by atoms with Crippen LogP contribution in [0.3, 0.4) is 0 Å². The molecule has 2 aromatic carbocycles. The minimum absolute atomic E-state index is 0.00547. The fraction of sp³-hybridized carbons (Fsp3) is 0.217. The van der Waals surface area contributed by atoms with E-state index in [1.54, 1.807) is 6.92 Å². The van der Waals surface area contributed by atoms with Crippen molar-refractivity contribution >= 4 is 29.0 Å². The number of anilines is 2. The summed E-state index contributed by atoms with van der Waals surface area (Å²) in [5.41, 5.74) is -1.15. The van der Waals surface area contributed by atoms with Gasteiger partial charge in [0, 0.05) is 6.20 Å². The van der Waals surface area contributed by atoms with Gasteiger partial charge in [0.05, 0.1) is 16.6 Å². The molecule has 1 aromatic heterocycles. The molecule has 0 fully saturated rings. The summed E-state index contributed by atoms with van der Waals surface area (Å²) in [6.45, 7) is 1.65. The zero-order chi connectivity index (χ0) is 26.0. The van der Waals surface area contributed by atoms with Crippen molar-refractivity contribution < 1.29 is 35.5 Å². The van der Waals surface area contributed by atoms with Gasteiger partial charge in [-0.25, -0.2) is 9.37 Å². The second kappa shape index (κ2) is 10.1. The highest BCUT2D eigenvalue weighted by Crippen LogP contribution is 2.39. The molecule has 4 nitrogen and oxygen atoms in total. The van der Waals surface area contributed by atoms with Gasteiger partial charge in [0.25, 0.3) is 0 Å². The molecule has 0 spiro atoms. The first-order valence-corrected chi connectivity index (χ1v) is 10.4. The molecule has 0 bridgehead atoms. The van der Waals surface area contributed by atoms with Crippen LogP contribution in [0.1, 0.15) is 30.5 Å². The summed E-state index contributed by atoms with van der Waals surface area (Å²) in [6, 6.07) is 9.58. The highest BCUT2D eigenvalue weighted by Gasteiger charge is 2.37. The molecule has 0 aliphatic heterocycles. The molecule has 0 saturated carbocycles.